The predicted octanol–water partition coefficient (Wildman–Crippen LogP) is 1.44. The quantitative estimate of drug-likeness (QED) is 0.543. The van der Waals surface area contributed by atoms with Crippen molar-refractivity contribution in [2.24, 2.45) is 0 Å². The highest BCUT2D eigenvalue weighted by atomic mass is 16.7. The molecule has 1 rings (SSSR count). The Morgan fingerprint density at radius 2 is 1.94 bits per heavy atom. The van der Waals surface area contributed by atoms with Crippen molar-refractivity contribution >= 4 is 12.3 Å². The smallest absolute Gasteiger partial charge is 0.336 e. The Labute approximate surface area is 101 Å². The van der Waals surface area contributed by atoms with Gasteiger partial charge in [-0.05, 0) is 34.6 Å². The molecule has 98 valence electrons. The Hall–Kier alpha value is -0.940. The Morgan fingerprint density at radius 3 is 2.41 bits per heavy atom. The van der Waals surface area contributed by atoms with Crippen molar-refractivity contribution < 1.29 is 23.8 Å². The van der Waals surface area contributed by atoms with Crippen LogP contribution in [0.4, 0.5) is 0 Å². The topological polar surface area (TPSA) is 61.8 Å². The van der Waals surface area contributed by atoms with Gasteiger partial charge in [0.25, 0.3) is 0 Å². The molecule has 0 radical (unpaired) electrons. The molecule has 17 heavy (non-hydrogen) atoms. The first-order chi connectivity index (χ1) is 7.63. The summed E-state index contributed by atoms with van der Waals surface area (Å²) in [5.74, 6) is -1.41. The van der Waals surface area contributed by atoms with Crippen molar-refractivity contribution in [3.8, 4) is 0 Å². The molecule has 0 aromatic carbocycles. The summed E-state index contributed by atoms with van der Waals surface area (Å²) in [7, 11) is 0. The van der Waals surface area contributed by atoms with Crippen molar-refractivity contribution in [2.45, 2.75) is 64.6 Å². The molecule has 0 aromatic heterocycles. The van der Waals surface area contributed by atoms with Crippen LogP contribution in [-0.2, 0) is 23.8 Å². The number of rotatable bonds is 2. The molecular weight excluding hydrogens is 224 g/mol. The van der Waals surface area contributed by atoms with Gasteiger partial charge in [0.15, 0.2) is 11.9 Å². The molecule has 0 amide bonds. The Morgan fingerprint density at radius 1 is 1.35 bits per heavy atom. The van der Waals surface area contributed by atoms with E-state index in [9.17, 15) is 9.59 Å². The van der Waals surface area contributed by atoms with Crippen LogP contribution in [0.2, 0.25) is 0 Å². The van der Waals surface area contributed by atoms with Gasteiger partial charge in [0.1, 0.15) is 18.0 Å². The minimum absolute atomic E-state index is 0.196. The number of carbonyl (C=O) groups is 2. The fourth-order valence-electron chi connectivity index (χ4n) is 1.64. The second-order valence-electron chi connectivity index (χ2n) is 5.57. The van der Waals surface area contributed by atoms with E-state index in [1.807, 2.05) is 0 Å². The molecule has 0 aromatic rings. The lowest BCUT2D eigenvalue weighted by atomic mass is 10.1. The Kier molecular flexibility index (Phi) is 3.94. The van der Waals surface area contributed by atoms with E-state index in [1.54, 1.807) is 34.6 Å². The maximum absolute atomic E-state index is 11.8. The summed E-state index contributed by atoms with van der Waals surface area (Å²) >= 11 is 0. The summed E-state index contributed by atoms with van der Waals surface area (Å²) in [6, 6.07) is 0. The lowest BCUT2D eigenvalue weighted by molar-refractivity contribution is -0.291. The third-order valence-electron chi connectivity index (χ3n) is 2.13. The number of carbonyl (C=O) groups excluding carboxylic acids is 2. The van der Waals surface area contributed by atoms with Gasteiger partial charge in [-0.3, -0.25) is 0 Å². The Bertz CT molecular complexity index is 303. The van der Waals surface area contributed by atoms with E-state index in [-0.39, 0.29) is 6.42 Å². The number of hydrogen-bond donors (Lipinski definition) is 0. The summed E-state index contributed by atoms with van der Waals surface area (Å²) < 4.78 is 16.0. The van der Waals surface area contributed by atoms with Crippen LogP contribution in [0.25, 0.3) is 0 Å². The van der Waals surface area contributed by atoms with Gasteiger partial charge in [0.2, 0.25) is 0 Å². The summed E-state index contributed by atoms with van der Waals surface area (Å²) in [5.41, 5.74) is -0.570. The van der Waals surface area contributed by atoms with Crippen LogP contribution in [0, 0.1) is 0 Å². The molecule has 5 heteroatoms. The largest absolute Gasteiger partial charge is 0.458 e. The number of hydrogen-bond acceptors (Lipinski definition) is 5. The lowest BCUT2D eigenvalue weighted by Crippen LogP contribution is -2.49. The van der Waals surface area contributed by atoms with Gasteiger partial charge in [0, 0.05) is 6.42 Å². The summed E-state index contributed by atoms with van der Waals surface area (Å²) in [6.45, 7) is 8.69. The summed E-state index contributed by atoms with van der Waals surface area (Å²) in [6.07, 6.45) is -0.506. The summed E-state index contributed by atoms with van der Waals surface area (Å²) in [5, 5.41) is 0. The molecule has 1 heterocycles. The van der Waals surface area contributed by atoms with Gasteiger partial charge in [-0.2, -0.15) is 0 Å². The summed E-state index contributed by atoms with van der Waals surface area (Å²) in [4.78, 5) is 22.6. The van der Waals surface area contributed by atoms with Crippen molar-refractivity contribution in [3.63, 3.8) is 0 Å². The lowest BCUT2D eigenvalue weighted by Gasteiger charge is -2.38. The molecule has 0 N–H and O–H groups in total. The first-order valence-electron chi connectivity index (χ1n) is 5.67. The zero-order valence-electron chi connectivity index (χ0n) is 11.0. The zero-order valence-corrected chi connectivity index (χ0v) is 11.0. The second kappa shape index (κ2) is 4.74. The van der Waals surface area contributed by atoms with E-state index in [0.29, 0.717) is 6.29 Å². The standard InChI is InChI=1S/C12H20O5/c1-11(2,3)17-10(14)9-6-8(7-13)15-12(4,5)16-9/h7-9H,6H2,1-5H3. The van der Waals surface area contributed by atoms with Gasteiger partial charge in [-0.15, -0.1) is 0 Å². The molecule has 1 aliphatic heterocycles. The van der Waals surface area contributed by atoms with Crippen LogP contribution in [-0.4, -0.2) is 35.9 Å². The van der Waals surface area contributed by atoms with Crippen LogP contribution in [0.5, 0.6) is 0 Å². The van der Waals surface area contributed by atoms with Crippen molar-refractivity contribution in [3.05, 3.63) is 0 Å². The van der Waals surface area contributed by atoms with Crippen molar-refractivity contribution in [1.29, 1.82) is 0 Å². The molecule has 1 saturated heterocycles. The van der Waals surface area contributed by atoms with Crippen molar-refractivity contribution in [2.75, 3.05) is 0 Å². The van der Waals surface area contributed by atoms with Gasteiger partial charge >= 0.3 is 5.97 Å². The normalized spacial score (nSPS) is 28.5. The maximum Gasteiger partial charge on any atom is 0.336 e. The molecule has 2 atom stereocenters. The highest BCUT2D eigenvalue weighted by molar-refractivity contribution is 5.76. The van der Waals surface area contributed by atoms with Crippen LogP contribution in [0.1, 0.15) is 41.0 Å². The van der Waals surface area contributed by atoms with E-state index >= 15 is 0 Å². The molecular formula is C12H20O5. The van der Waals surface area contributed by atoms with E-state index in [1.165, 1.54) is 0 Å². The third-order valence-corrected chi connectivity index (χ3v) is 2.13. The van der Waals surface area contributed by atoms with E-state index in [2.05, 4.69) is 0 Å². The first kappa shape index (κ1) is 14.1. The Balaban J connectivity index is 2.70. The number of aldehydes is 1. The van der Waals surface area contributed by atoms with Gasteiger partial charge in [0.05, 0.1) is 0 Å². The molecule has 0 saturated carbocycles. The zero-order chi connectivity index (χ0) is 13.3. The molecule has 5 nitrogen and oxygen atoms in total. The van der Waals surface area contributed by atoms with Crippen LogP contribution in [0.3, 0.4) is 0 Å². The SMILES string of the molecule is CC(C)(C)OC(=O)C1CC(C=O)OC(C)(C)O1. The minimum Gasteiger partial charge on any atom is -0.458 e. The number of esters is 1. The van der Waals surface area contributed by atoms with E-state index < -0.39 is 29.6 Å². The monoisotopic (exact) mass is 244 g/mol. The molecule has 2 unspecified atom stereocenters. The molecule has 0 aliphatic carbocycles. The van der Waals surface area contributed by atoms with Crippen LogP contribution in [0.15, 0.2) is 0 Å². The van der Waals surface area contributed by atoms with E-state index in [4.69, 9.17) is 14.2 Å². The molecule has 1 fully saturated rings. The maximum atomic E-state index is 11.8. The highest BCUT2D eigenvalue weighted by Gasteiger charge is 2.40. The second-order valence-corrected chi connectivity index (χ2v) is 5.57. The number of ether oxygens (including phenoxy) is 3. The highest BCUT2D eigenvalue weighted by Crippen LogP contribution is 2.27. The average Bonchev–Trinajstić information content (AvgIpc) is 2.12. The van der Waals surface area contributed by atoms with Crippen LogP contribution >= 0.6 is 0 Å². The predicted molar refractivity (Wildman–Crippen MR) is 60.4 cm³/mol. The van der Waals surface area contributed by atoms with E-state index in [0.717, 1.165) is 0 Å². The van der Waals surface area contributed by atoms with Crippen molar-refractivity contribution in [1.82, 2.24) is 0 Å². The fraction of sp³-hybridized carbons (Fsp3) is 0.833. The minimum atomic E-state index is -0.953. The van der Waals surface area contributed by atoms with Gasteiger partial charge in [-0.25, -0.2) is 4.79 Å². The fourth-order valence-corrected chi connectivity index (χ4v) is 1.64. The van der Waals surface area contributed by atoms with Gasteiger partial charge < -0.3 is 19.0 Å². The first-order valence-corrected chi connectivity index (χ1v) is 5.67. The van der Waals surface area contributed by atoms with Crippen LogP contribution < -0.4 is 0 Å². The third kappa shape index (κ3) is 4.44. The van der Waals surface area contributed by atoms with Gasteiger partial charge in [-0.1, -0.05) is 0 Å². The molecule has 0 spiro atoms. The molecule has 1 aliphatic rings. The average molecular weight is 244 g/mol. The molecule has 0 bridgehead atoms.